The van der Waals surface area contributed by atoms with Gasteiger partial charge in [0.1, 0.15) is 6.04 Å². The summed E-state index contributed by atoms with van der Waals surface area (Å²) in [5.41, 5.74) is 6.07. The standard InChI is InChI=1S/C15H18Cl2N2O3/c16-10-6-9(12(18)7-11(10)17)14(20)19-13(15(21)22)8-4-2-1-3-5-8/h6-8,13H,1-5,18H2,(H,19,20)(H,21,22). The fraction of sp³-hybridized carbons (Fsp3) is 0.467. The predicted molar refractivity (Wildman–Crippen MR) is 86.3 cm³/mol. The van der Waals surface area contributed by atoms with E-state index in [4.69, 9.17) is 28.9 Å². The number of nitrogens with one attached hydrogen (secondary N) is 1. The summed E-state index contributed by atoms with van der Waals surface area (Å²) in [6, 6.07) is 1.82. The third-order valence-corrected chi connectivity index (χ3v) is 4.73. The van der Waals surface area contributed by atoms with Crippen LogP contribution in [-0.4, -0.2) is 23.0 Å². The SMILES string of the molecule is Nc1cc(Cl)c(Cl)cc1C(=O)NC(C(=O)O)C1CCCCC1. The van der Waals surface area contributed by atoms with Gasteiger partial charge in [-0.1, -0.05) is 42.5 Å². The zero-order valence-corrected chi connectivity index (χ0v) is 13.5. The van der Waals surface area contributed by atoms with Crippen LogP contribution < -0.4 is 11.1 Å². The molecule has 1 saturated carbocycles. The first-order valence-electron chi connectivity index (χ1n) is 7.18. The number of carboxylic acid groups (broad SMARTS) is 1. The van der Waals surface area contributed by atoms with Crippen molar-refractivity contribution in [3.63, 3.8) is 0 Å². The molecule has 7 heteroatoms. The Bertz CT molecular complexity index is 586. The largest absolute Gasteiger partial charge is 0.480 e. The molecule has 120 valence electrons. The number of hydrogen-bond acceptors (Lipinski definition) is 3. The molecule has 1 fully saturated rings. The number of carbonyl (C=O) groups is 2. The summed E-state index contributed by atoms with van der Waals surface area (Å²) in [6.45, 7) is 0. The molecule has 0 saturated heterocycles. The Balaban J connectivity index is 2.17. The molecule has 1 aromatic rings. The number of amides is 1. The number of benzene rings is 1. The number of rotatable bonds is 4. The third kappa shape index (κ3) is 3.84. The number of anilines is 1. The van der Waals surface area contributed by atoms with E-state index in [0.29, 0.717) is 0 Å². The van der Waals surface area contributed by atoms with Gasteiger partial charge in [0.05, 0.1) is 15.6 Å². The Hall–Kier alpha value is -1.46. The number of hydrogen-bond donors (Lipinski definition) is 3. The first kappa shape index (κ1) is 16.9. The smallest absolute Gasteiger partial charge is 0.326 e. The van der Waals surface area contributed by atoms with Crippen LogP contribution in [0, 0.1) is 5.92 Å². The highest BCUT2D eigenvalue weighted by Crippen LogP contribution is 2.29. The van der Waals surface area contributed by atoms with Gasteiger partial charge in [0.15, 0.2) is 0 Å². The maximum Gasteiger partial charge on any atom is 0.326 e. The van der Waals surface area contributed by atoms with Gasteiger partial charge in [0, 0.05) is 5.69 Å². The highest BCUT2D eigenvalue weighted by atomic mass is 35.5. The van der Waals surface area contributed by atoms with Crippen LogP contribution in [0.25, 0.3) is 0 Å². The van der Waals surface area contributed by atoms with Crippen molar-refractivity contribution in [1.29, 1.82) is 0 Å². The average Bonchev–Trinajstić information content (AvgIpc) is 2.48. The van der Waals surface area contributed by atoms with Gasteiger partial charge in [-0.05, 0) is 30.9 Å². The molecule has 0 bridgehead atoms. The maximum absolute atomic E-state index is 12.3. The molecule has 5 nitrogen and oxygen atoms in total. The molecule has 1 aromatic carbocycles. The van der Waals surface area contributed by atoms with Gasteiger partial charge in [0.25, 0.3) is 5.91 Å². The van der Waals surface area contributed by atoms with E-state index >= 15 is 0 Å². The van der Waals surface area contributed by atoms with Crippen LogP contribution in [0.1, 0.15) is 42.5 Å². The Morgan fingerprint density at radius 2 is 1.77 bits per heavy atom. The summed E-state index contributed by atoms with van der Waals surface area (Å²) in [7, 11) is 0. The van der Waals surface area contributed by atoms with Crippen LogP contribution in [-0.2, 0) is 4.79 Å². The van der Waals surface area contributed by atoms with Crippen molar-refractivity contribution in [2.24, 2.45) is 5.92 Å². The Morgan fingerprint density at radius 3 is 2.36 bits per heavy atom. The monoisotopic (exact) mass is 344 g/mol. The normalized spacial score (nSPS) is 17.0. The quantitative estimate of drug-likeness (QED) is 0.730. The number of aliphatic carboxylic acids is 1. The summed E-state index contributed by atoms with van der Waals surface area (Å²) in [6.07, 6.45) is 4.68. The molecule has 1 aliphatic rings. The first-order valence-corrected chi connectivity index (χ1v) is 7.94. The predicted octanol–water partition coefficient (Wildman–Crippen LogP) is 3.34. The number of carboxylic acids is 1. The fourth-order valence-corrected chi connectivity index (χ4v) is 3.16. The van der Waals surface area contributed by atoms with Crippen molar-refractivity contribution in [2.75, 3.05) is 5.73 Å². The molecule has 0 heterocycles. The molecule has 22 heavy (non-hydrogen) atoms. The summed E-state index contributed by atoms with van der Waals surface area (Å²) in [5.74, 6) is -1.63. The number of nitrogens with two attached hydrogens (primary N) is 1. The lowest BCUT2D eigenvalue weighted by molar-refractivity contribution is -0.141. The first-order chi connectivity index (χ1) is 10.4. The molecule has 1 aliphatic carbocycles. The van der Waals surface area contributed by atoms with Crippen molar-refractivity contribution in [2.45, 2.75) is 38.1 Å². The second-order valence-electron chi connectivity index (χ2n) is 5.54. The third-order valence-electron chi connectivity index (χ3n) is 4.01. The van der Waals surface area contributed by atoms with Gasteiger partial charge in [0.2, 0.25) is 0 Å². The summed E-state index contributed by atoms with van der Waals surface area (Å²) in [4.78, 5) is 23.8. The van der Waals surface area contributed by atoms with Crippen molar-refractivity contribution in [3.05, 3.63) is 27.7 Å². The van der Waals surface area contributed by atoms with Gasteiger partial charge in [-0.3, -0.25) is 4.79 Å². The number of nitrogen functional groups attached to an aromatic ring is 1. The molecule has 0 spiro atoms. The molecular weight excluding hydrogens is 327 g/mol. The molecule has 2 rings (SSSR count). The van der Waals surface area contributed by atoms with Crippen molar-refractivity contribution in [3.8, 4) is 0 Å². The van der Waals surface area contributed by atoms with Crippen molar-refractivity contribution < 1.29 is 14.7 Å². The number of carbonyl (C=O) groups excluding carboxylic acids is 1. The van der Waals surface area contributed by atoms with Gasteiger partial charge in [-0.15, -0.1) is 0 Å². The van der Waals surface area contributed by atoms with E-state index in [1.54, 1.807) is 0 Å². The molecule has 0 aliphatic heterocycles. The second-order valence-corrected chi connectivity index (χ2v) is 6.36. The van der Waals surface area contributed by atoms with E-state index in [1.807, 2.05) is 0 Å². The van der Waals surface area contributed by atoms with Crippen LogP contribution in [0.2, 0.25) is 10.0 Å². The minimum Gasteiger partial charge on any atom is -0.480 e. The second kappa shape index (κ2) is 7.20. The highest BCUT2D eigenvalue weighted by molar-refractivity contribution is 6.42. The van der Waals surface area contributed by atoms with Gasteiger partial charge in [-0.2, -0.15) is 0 Å². The average molecular weight is 345 g/mol. The van der Waals surface area contributed by atoms with E-state index in [-0.39, 0.29) is 27.2 Å². The zero-order chi connectivity index (χ0) is 16.3. The minimum atomic E-state index is -1.03. The minimum absolute atomic E-state index is 0.0563. The fourth-order valence-electron chi connectivity index (χ4n) is 2.83. The Kier molecular flexibility index (Phi) is 5.53. The summed E-state index contributed by atoms with van der Waals surface area (Å²) < 4.78 is 0. The van der Waals surface area contributed by atoms with Crippen LogP contribution in [0.3, 0.4) is 0 Å². The molecular formula is C15H18Cl2N2O3. The molecule has 4 N–H and O–H groups in total. The van der Waals surface area contributed by atoms with Crippen LogP contribution in [0.4, 0.5) is 5.69 Å². The van der Waals surface area contributed by atoms with E-state index < -0.39 is 17.9 Å². The topological polar surface area (TPSA) is 92.4 Å². The van der Waals surface area contributed by atoms with Gasteiger partial charge < -0.3 is 16.2 Å². The molecule has 1 unspecified atom stereocenters. The molecule has 1 amide bonds. The van der Waals surface area contributed by atoms with E-state index in [0.717, 1.165) is 32.1 Å². The lowest BCUT2D eigenvalue weighted by atomic mass is 9.84. The maximum atomic E-state index is 12.3. The lowest BCUT2D eigenvalue weighted by Crippen LogP contribution is -2.46. The lowest BCUT2D eigenvalue weighted by Gasteiger charge is -2.28. The highest BCUT2D eigenvalue weighted by Gasteiger charge is 2.31. The van der Waals surface area contributed by atoms with Crippen LogP contribution in [0.5, 0.6) is 0 Å². The Labute approximate surface area is 138 Å². The molecule has 0 radical (unpaired) electrons. The van der Waals surface area contributed by atoms with E-state index in [2.05, 4.69) is 5.32 Å². The van der Waals surface area contributed by atoms with Crippen LogP contribution >= 0.6 is 23.2 Å². The van der Waals surface area contributed by atoms with Crippen molar-refractivity contribution >= 4 is 40.8 Å². The number of halogens is 2. The van der Waals surface area contributed by atoms with E-state index in [1.165, 1.54) is 12.1 Å². The molecule has 0 aromatic heterocycles. The van der Waals surface area contributed by atoms with Gasteiger partial charge >= 0.3 is 5.97 Å². The summed E-state index contributed by atoms with van der Waals surface area (Å²) in [5, 5.41) is 12.4. The van der Waals surface area contributed by atoms with E-state index in [9.17, 15) is 14.7 Å². The molecule has 1 atom stereocenters. The zero-order valence-electron chi connectivity index (χ0n) is 11.9. The van der Waals surface area contributed by atoms with Crippen LogP contribution in [0.15, 0.2) is 12.1 Å². The summed E-state index contributed by atoms with van der Waals surface area (Å²) >= 11 is 11.7. The van der Waals surface area contributed by atoms with Gasteiger partial charge in [-0.25, -0.2) is 4.79 Å². The van der Waals surface area contributed by atoms with Crippen molar-refractivity contribution in [1.82, 2.24) is 5.32 Å². The Morgan fingerprint density at radius 1 is 1.18 bits per heavy atom.